The molecule has 0 aromatic carbocycles. The first-order valence-corrected chi connectivity index (χ1v) is 7.27. The largest absolute Gasteiger partial charge is 0.395 e. The summed E-state index contributed by atoms with van der Waals surface area (Å²) in [5.74, 6) is 0.260. The van der Waals surface area contributed by atoms with E-state index >= 15 is 0 Å². The second kappa shape index (κ2) is 5.05. The first-order chi connectivity index (χ1) is 9.52. The molecule has 1 saturated heterocycles. The van der Waals surface area contributed by atoms with E-state index in [1.165, 1.54) is 11.8 Å². The standard InChI is InChI=1S/C11H13ClN4O3S/c12-11-14-8(13)4-1-2-16(9(4)15-11)10-7(19)6(18)5(3-17)20-10/h1-2,5-7,10,17-19H,3H2,(H2,13,14,15)/t5-,6-,7-,10-/m1/s1. The SMILES string of the molecule is Nc1nc(Cl)nc2c1ccn2[C@@H]1S[C@H](CO)[C@@H](O)[C@H]1O. The van der Waals surface area contributed by atoms with Crippen LogP contribution in [0.4, 0.5) is 5.82 Å². The Labute approximate surface area is 123 Å². The van der Waals surface area contributed by atoms with E-state index in [-0.39, 0.29) is 17.7 Å². The summed E-state index contributed by atoms with van der Waals surface area (Å²) in [6.45, 7) is -0.212. The van der Waals surface area contributed by atoms with Gasteiger partial charge in [0.25, 0.3) is 0 Å². The first kappa shape index (κ1) is 13.9. The minimum absolute atomic E-state index is 0.0201. The molecule has 2 aromatic heterocycles. The molecule has 3 rings (SSSR count). The molecule has 2 aromatic rings. The monoisotopic (exact) mass is 316 g/mol. The fourth-order valence-corrected chi connectivity index (χ4v) is 3.90. The maximum Gasteiger partial charge on any atom is 0.226 e. The third-order valence-electron chi connectivity index (χ3n) is 3.37. The van der Waals surface area contributed by atoms with Crippen molar-refractivity contribution >= 4 is 40.2 Å². The molecule has 1 fully saturated rings. The van der Waals surface area contributed by atoms with Gasteiger partial charge in [-0.05, 0) is 17.7 Å². The van der Waals surface area contributed by atoms with Crippen LogP contribution >= 0.6 is 23.4 Å². The number of nitrogens with zero attached hydrogens (tertiary/aromatic N) is 3. The van der Waals surface area contributed by atoms with Gasteiger partial charge in [-0.3, -0.25) is 0 Å². The van der Waals surface area contributed by atoms with Crippen LogP contribution in [-0.4, -0.2) is 53.9 Å². The van der Waals surface area contributed by atoms with Crippen molar-refractivity contribution in [3.05, 3.63) is 17.5 Å². The molecule has 1 aliphatic heterocycles. The van der Waals surface area contributed by atoms with Crippen LogP contribution < -0.4 is 5.73 Å². The average molecular weight is 317 g/mol. The van der Waals surface area contributed by atoms with E-state index in [1.807, 2.05) is 0 Å². The molecule has 20 heavy (non-hydrogen) atoms. The summed E-state index contributed by atoms with van der Waals surface area (Å²) in [6, 6.07) is 1.73. The van der Waals surface area contributed by atoms with Crippen LogP contribution in [0.2, 0.25) is 5.28 Å². The Hall–Kier alpha value is -1.06. The number of nitrogens with two attached hydrogens (primary N) is 1. The Morgan fingerprint density at radius 2 is 2.10 bits per heavy atom. The van der Waals surface area contributed by atoms with Crippen LogP contribution in [0.15, 0.2) is 12.3 Å². The summed E-state index contributed by atoms with van der Waals surface area (Å²) in [6.07, 6.45) is -0.302. The number of thioether (sulfide) groups is 1. The van der Waals surface area contributed by atoms with Gasteiger partial charge in [-0.25, -0.2) is 4.98 Å². The number of aliphatic hydroxyl groups is 3. The summed E-state index contributed by atoms with van der Waals surface area (Å²) in [7, 11) is 0. The number of hydrogen-bond donors (Lipinski definition) is 4. The summed E-state index contributed by atoms with van der Waals surface area (Å²) in [5, 5.41) is 28.9. The molecular formula is C11H13ClN4O3S. The Kier molecular flexibility index (Phi) is 3.51. The highest BCUT2D eigenvalue weighted by atomic mass is 35.5. The van der Waals surface area contributed by atoms with Crippen molar-refractivity contribution in [1.29, 1.82) is 0 Å². The molecule has 0 unspecified atom stereocenters. The van der Waals surface area contributed by atoms with Gasteiger partial charge >= 0.3 is 0 Å². The van der Waals surface area contributed by atoms with Crippen LogP contribution in [-0.2, 0) is 0 Å². The second-order valence-corrected chi connectivity index (χ2v) is 6.27. The molecule has 0 amide bonds. The number of rotatable bonds is 2. The lowest BCUT2D eigenvalue weighted by Gasteiger charge is -2.17. The predicted molar refractivity (Wildman–Crippen MR) is 76.5 cm³/mol. The average Bonchev–Trinajstić information content (AvgIpc) is 2.93. The summed E-state index contributed by atoms with van der Waals surface area (Å²) < 4.78 is 1.69. The molecule has 5 N–H and O–H groups in total. The summed E-state index contributed by atoms with van der Waals surface area (Å²) in [5.41, 5.74) is 6.27. The van der Waals surface area contributed by atoms with Gasteiger partial charge in [0.05, 0.1) is 23.3 Å². The lowest BCUT2D eigenvalue weighted by molar-refractivity contribution is 0.0113. The van der Waals surface area contributed by atoms with E-state index in [0.29, 0.717) is 11.0 Å². The van der Waals surface area contributed by atoms with Crippen molar-refractivity contribution in [1.82, 2.24) is 14.5 Å². The second-order valence-electron chi connectivity index (χ2n) is 4.57. The Balaban J connectivity index is 2.07. The van der Waals surface area contributed by atoms with Gasteiger partial charge in [0.1, 0.15) is 22.9 Å². The van der Waals surface area contributed by atoms with Crippen molar-refractivity contribution in [2.24, 2.45) is 0 Å². The van der Waals surface area contributed by atoms with Gasteiger partial charge in [-0.15, -0.1) is 11.8 Å². The van der Waals surface area contributed by atoms with Crippen LogP contribution in [0.5, 0.6) is 0 Å². The zero-order valence-corrected chi connectivity index (χ0v) is 11.8. The number of fused-ring (bicyclic) bond motifs is 1. The topological polar surface area (TPSA) is 117 Å². The van der Waals surface area contributed by atoms with Crippen LogP contribution in [0.1, 0.15) is 5.37 Å². The Morgan fingerprint density at radius 3 is 2.75 bits per heavy atom. The number of aromatic nitrogens is 3. The molecule has 0 radical (unpaired) electrons. The summed E-state index contributed by atoms with van der Waals surface area (Å²) in [4.78, 5) is 7.99. The minimum Gasteiger partial charge on any atom is -0.395 e. The van der Waals surface area contributed by atoms with Crippen molar-refractivity contribution in [2.75, 3.05) is 12.3 Å². The van der Waals surface area contributed by atoms with E-state index in [9.17, 15) is 15.3 Å². The highest BCUT2D eigenvalue weighted by molar-refractivity contribution is 8.00. The third-order valence-corrected chi connectivity index (χ3v) is 5.10. The van der Waals surface area contributed by atoms with Crippen LogP contribution in [0, 0.1) is 0 Å². The Bertz CT molecular complexity index is 652. The van der Waals surface area contributed by atoms with Gasteiger partial charge in [0.2, 0.25) is 5.28 Å². The minimum atomic E-state index is -1.01. The van der Waals surface area contributed by atoms with Crippen LogP contribution in [0.3, 0.4) is 0 Å². The van der Waals surface area contributed by atoms with Crippen LogP contribution in [0.25, 0.3) is 11.0 Å². The number of halogens is 1. The molecule has 0 spiro atoms. The Morgan fingerprint density at radius 1 is 1.35 bits per heavy atom. The lowest BCUT2D eigenvalue weighted by atomic mass is 10.1. The van der Waals surface area contributed by atoms with E-state index in [1.54, 1.807) is 16.8 Å². The third kappa shape index (κ3) is 2.04. The predicted octanol–water partition coefficient (Wildman–Crippen LogP) is -0.00500. The van der Waals surface area contributed by atoms with Gasteiger partial charge in [-0.2, -0.15) is 4.98 Å². The molecule has 0 bridgehead atoms. The lowest BCUT2D eigenvalue weighted by Crippen LogP contribution is -2.32. The van der Waals surface area contributed by atoms with Gasteiger partial charge < -0.3 is 25.6 Å². The maximum absolute atomic E-state index is 10.1. The maximum atomic E-state index is 10.1. The number of hydrogen-bond acceptors (Lipinski definition) is 7. The molecule has 4 atom stereocenters. The van der Waals surface area contributed by atoms with Gasteiger partial charge in [0.15, 0.2) is 0 Å². The number of anilines is 1. The molecular weight excluding hydrogens is 304 g/mol. The molecule has 108 valence electrons. The molecule has 0 aliphatic carbocycles. The van der Waals surface area contributed by atoms with E-state index in [2.05, 4.69) is 9.97 Å². The van der Waals surface area contributed by atoms with Crippen molar-refractivity contribution in [3.8, 4) is 0 Å². The molecule has 1 aliphatic rings. The number of aliphatic hydroxyl groups excluding tert-OH is 3. The van der Waals surface area contributed by atoms with E-state index in [0.717, 1.165) is 0 Å². The highest BCUT2D eigenvalue weighted by Crippen LogP contribution is 2.43. The van der Waals surface area contributed by atoms with Crippen molar-refractivity contribution in [2.45, 2.75) is 22.8 Å². The molecule has 9 heteroatoms. The van der Waals surface area contributed by atoms with Gasteiger partial charge in [0, 0.05) is 6.20 Å². The van der Waals surface area contributed by atoms with E-state index < -0.39 is 22.8 Å². The zero-order chi connectivity index (χ0) is 14.4. The summed E-state index contributed by atoms with van der Waals surface area (Å²) >= 11 is 7.09. The molecule has 0 saturated carbocycles. The first-order valence-electron chi connectivity index (χ1n) is 5.95. The zero-order valence-electron chi connectivity index (χ0n) is 10.2. The van der Waals surface area contributed by atoms with Crippen molar-refractivity contribution < 1.29 is 15.3 Å². The molecule has 7 nitrogen and oxygen atoms in total. The fraction of sp³-hybridized carbons (Fsp3) is 0.455. The fourth-order valence-electron chi connectivity index (χ4n) is 2.34. The highest BCUT2D eigenvalue weighted by Gasteiger charge is 2.43. The normalized spacial score (nSPS) is 30.2. The van der Waals surface area contributed by atoms with E-state index in [4.69, 9.17) is 17.3 Å². The number of nitrogen functional groups attached to an aromatic ring is 1. The van der Waals surface area contributed by atoms with Crippen molar-refractivity contribution in [3.63, 3.8) is 0 Å². The quantitative estimate of drug-likeness (QED) is 0.576. The molecule has 3 heterocycles. The smallest absolute Gasteiger partial charge is 0.226 e. The van der Waals surface area contributed by atoms with Gasteiger partial charge in [-0.1, -0.05) is 0 Å².